The van der Waals surface area contributed by atoms with Gasteiger partial charge in [0, 0.05) is 23.5 Å². The number of carbonyl (C=O) groups excluding carboxylic acids is 2. The van der Waals surface area contributed by atoms with Crippen molar-refractivity contribution >= 4 is 34.4 Å². The number of primary amides is 1. The van der Waals surface area contributed by atoms with E-state index in [4.69, 9.17) is 21.8 Å². The van der Waals surface area contributed by atoms with Crippen LogP contribution in [0.1, 0.15) is 29.8 Å². The molecule has 1 aromatic heterocycles. The zero-order chi connectivity index (χ0) is 17.1. The van der Waals surface area contributed by atoms with Crippen LogP contribution < -0.4 is 11.1 Å². The van der Waals surface area contributed by atoms with Crippen LogP contribution in [0, 0.1) is 0 Å². The van der Waals surface area contributed by atoms with Gasteiger partial charge in [-0.15, -0.1) is 0 Å². The van der Waals surface area contributed by atoms with Crippen molar-refractivity contribution in [3.8, 4) is 0 Å². The van der Waals surface area contributed by atoms with Gasteiger partial charge in [-0.05, 0) is 50.1 Å². The molecule has 0 radical (unpaired) electrons. The van der Waals surface area contributed by atoms with Crippen LogP contribution in [0.4, 0.5) is 0 Å². The van der Waals surface area contributed by atoms with Crippen molar-refractivity contribution < 1.29 is 14.0 Å². The normalized spacial score (nSPS) is 18.1. The average Bonchev–Trinajstić information content (AvgIpc) is 3.17. The summed E-state index contributed by atoms with van der Waals surface area (Å²) < 4.78 is 5.52. The van der Waals surface area contributed by atoms with Gasteiger partial charge in [-0.25, -0.2) is 0 Å². The highest BCUT2D eigenvalue weighted by Gasteiger charge is 2.28. The number of amides is 2. The molecule has 128 valence electrons. The molecule has 1 aliphatic rings. The summed E-state index contributed by atoms with van der Waals surface area (Å²) in [7, 11) is 0. The van der Waals surface area contributed by atoms with E-state index in [-0.39, 0.29) is 23.6 Å². The molecule has 1 unspecified atom stereocenters. The highest BCUT2D eigenvalue weighted by molar-refractivity contribution is 6.31. The number of benzene rings is 1. The third-order valence-corrected chi connectivity index (χ3v) is 4.54. The Labute approximate surface area is 144 Å². The number of furan rings is 1. The lowest BCUT2D eigenvalue weighted by Gasteiger charge is -2.21. The lowest BCUT2D eigenvalue weighted by atomic mass is 10.2. The van der Waals surface area contributed by atoms with E-state index in [0.29, 0.717) is 17.2 Å². The van der Waals surface area contributed by atoms with Crippen molar-refractivity contribution in [1.29, 1.82) is 0 Å². The molecule has 2 amide bonds. The zero-order valence-corrected chi connectivity index (χ0v) is 14.0. The average molecular weight is 350 g/mol. The maximum atomic E-state index is 12.1. The van der Waals surface area contributed by atoms with Gasteiger partial charge in [-0.2, -0.15) is 0 Å². The molecule has 0 saturated carbocycles. The number of halogens is 1. The Kier molecular flexibility index (Phi) is 5.06. The minimum absolute atomic E-state index is 0.166. The first-order chi connectivity index (χ1) is 11.5. The van der Waals surface area contributed by atoms with E-state index >= 15 is 0 Å². The number of nitrogens with two attached hydrogens (primary N) is 1. The quantitative estimate of drug-likeness (QED) is 0.782. The van der Waals surface area contributed by atoms with Gasteiger partial charge in [0.25, 0.3) is 5.91 Å². The number of carbonyl (C=O) groups is 2. The summed E-state index contributed by atoms with van der Waals surface area (Å²) in [5.41, 5.74) is 6.02. The second kappa shape index (κ2) is 7.23. The first-order valence-electron chi connectivity index (χ1n) is 8.05. The van der Waals surface area contributed by atoms with E-state index in [0.717, 1.165) is 37.7 Å². The number of hydrogen-bond acceptors (Lipinski definition) is 4. The van der Waals surface area contributed by atoms with Crippen LogP contribution >= 0.6 is 11.6 Å². The first-order valence-corrected chi connectivity index (χ1v) is 8.43. The van der Waals surface area contributed by atoms with Gasteiger partial charge in [-0.1, -0.05) is 11.6 Å². The lowest BCUT2D eigenvalue weighted by Crippen LogP contribution is -2.41. The van der Waals surface area contributed by atoms with Crippen LogP contribution in [0.5, 0.6) is 0 Å². The van der Waals surface area contributed by atoms with E-state index in [1.54, 1.807) is 24.3 Å². The van der Waals surface area contributed by atoms with E-state index in [1.165, 1.54) is 0 Å². The molecule has 1 aliphatic heterocycles. The standard InChI is InChI=1S/C17H20ClN3O3/c18-12-4-5-14-11(9-12)10-15(24-14)17(23)20-6-2-8-21-7-1-3-13(21)16(19)22/h4-5,9-10,13H,1-3,6-8H2,(H2,19,22)(H,20,23). The molecule has 3 rings (SSSR count). The predicted octanol–water partition coefficient (Wildman–Crippen LogP) is 2.16. The van der Waals surface area contributed by atoms with Crippen LogP contribution in [0.15, 0.2) is 28.7 Å². The molecule has 0 bridgehead atoms. The third kappa shape index (κ3) is 3.71. The van der Waals surface area contributed by atoms with Crippen molar-refractivity contribution in [2.75, 3.05) is 19.6 Å². The number of likely N-dealkylation sites (tertiary alicyclic amines) is 1. The summed E-state index contributed by atoms with van der Waals surface area (Å²) >= 11 is 5.93. The molecule has 2 heterocycles. The minimum atomic E-state index is -0.266. The maximum Gasteiger partial charge on any atom is 0.287 e. The molecule has 2 aromatic rings. The summed E-state index contributed by atoms with van der Waals surface area (Å²) in [5.74, 6) is -0.254. The van der Waals surface area contributed by atoms with Crippen LogP contribution in [-0.2, 0) is 4.79 Å². The Morgan fingerprint density at radius 1 is 1.38 bits per heavy atom. The third-order valence-electron chi connectivity index (χ3n) is 4.30. The van der Waals surface area contributed by atoms with Crippen molar-refractivity contribution in [2.24, 2.45) is 5.73 Å². The summed E-state index contributed by atoms with van der Waals surface area (Å²) in [6, 6.07) is 6.74. The molecule has 3 N–H and O–H groups in total. The zero-order valence-electron chi connectivity index (χ0n) is 13.3. The fourth-order valence-electron chi connectivity index (χ4n) is 3.11. The maximum absolute atomic E-state index is 12.1. The SMILES string of the molecule is NC(=O)C1CCCN1CCCNC(=O)c1cc2cc(Cl)ccc2o1. The second-order valence-corrected chi connectivity index (χ2v) is 6.44. The minimum Gasteiger partial charge on any atom is -0.451 e. The van der Waals surface area contributed by atoms with Gasteiger partial charge >= 0.3 is 0 Å². The van der Waals surface area contributed by atoms with Crippen LogP contribution in [-0.4, -0.2) is 42.4 Å². The fourth-order valence-corrected chi connectivity index (χ4v) is 3.29. The topological polar surface area (TPSA) is 88.6 Å². The highest BCUT2D eigenvalue weighted by atomic mass is 35.5. The predicted molar refractivity (Wildman–Crippen MR) is 92.0 cm³/mol. The Balaban J connectivity index is 1.49. The Morgan fingerprint density at radius 2 is 2.21 bits per heavy atom. The molecule has 1 saturated heterocycles. The Morgan fingerprint density at radius 3 is 3.00 bits per heavy atom. The summed E-state index contributed by atoms with van der Waals surface area (Å²) in [5, 5.41) is 4.24. The number of nitrogens with zero attached hydrogens (tertiary/aromatic N) is 1. The van der Waals surface area contributed by atoms with Gasteiger partial charge < -0.3 is 15.5 Å². The summed E-state index contributed by atoms with van der Waals surface area (Å²) in [4.78, 5) is 25.6. The number of hydrogen-bond donors (Lipinski definition) is 2. The van der Waals surface area contributed by atoms with Crippen molar-refractivity contribution in [1.82, 2.24) is 10.2 Å². The number of rotatable bonds is 6. The highest BCUT2D eigenvalue weighted by Crippen LogP contribution is 2.23. The molecule has 24 heavy (non-hydrogen) atoms. The molecular weight excluding hydrogens is 330 g/mol. The molecule has 1 fully saturated rings. The van der Waals surface area contributed by atoms with E-state index < -0.39 is 0 Å². The fraction of sp³-hybridized carbons (Fsp3) is 0.412. The molecule has 6 nitrogen and oxygen atoms in total. The Bertz CT molecular complexity index is 759. The monoisotopic (exact) mass is 349 g/mol. The van der Waals surface area contributed by atoms with Crippen molar-refractivity contribution in [2.45, 2.75) is 25.3 Å². The van der Waals surface area contributed by atoms with Gasteiger partial charge in [0.05, 0.1) is 6.04 Å². The van der Waals surface area contributed by atoms with Gasteiger partial charge in [0.2, 0.25) is 5.91 Å². The van der Waals surface area contributed by atoms with Gasteiger partial charge in [-0.3, -0.25) is 14.5 Å². The van der Waals surface area contributed by atoms with E-state index in [2.05, 4.69) is 10.2 Å². The van der Waals surface area contributed by atoms with Crippen LogP contribution in [0.3, 0.4) is 0 Å². The largest absolute Gasteiger partial charge is 0.451 e. The molecule has 1 aromatic carbocycles. The lowest BCUT2D eigenvalue weighted by molar-refractivity contribution is -0.122. The molecule has 0 aliphatic carbocycles. The molecule has 7 heteroatoms. The second-order valence-electron chi connectivity index (χ2n) is 6.00. The molecule has 1 atom stereocenters. The summed E-state index contributed by atoms with van der Waals surface area (Å²) in [6.07, 6.45) is 2.56. The number of fused-ring (bicyclic) bond motifs is 1. The summed E-state index contributed by atoms with van der Waals surface area (Å²) in [6.45, 7) is 2.13. The number of nitrogens with one attached hydrogen (secondary N) is 1. The van der Waals surface area contributed by atoms with E-state index in [9.17, 15) is 9.59 Å². The Hall–Kier alpha value is -2.05. The first kappa shape index (κ1) is 16.8. The van der Waals surface area contributed by atoms with Gasteiger partial charge in [0.1, 0.15) is 5.58 Å². The molecular formula is C17H20ClN3O3. The van der Waals surface area contributed by atoms with Crippen LogP contribution in [0.25, 0.3) is 11.0 Å². The van der Waals surface area contributed by atoms with Crippen LogP contribution in [0.2, 0.25) is 5.02 Å². The smallest absolute Gasteiger partial charge is 0.287 e. The van der Waals surface area contributed by atoms with E-state index in [1.807, 2.05) is 0 Å². The van der Waals surface area contributed by atoms with Crippen molar-refractivity contribution in [3.05, 3.63) is 35.0 Å². The van der Waals surface area contributed by atoms with Crippen molar-refractivity contribution in [3.63, 3.8) is 0 Å². The van der Waals surface area contributed by atoms with Gasteiger partial charge in [0.15, 0.2) is 5.76 Å². The molecule has 0 spiro atoms.